The van der Waals surface area contributed by atoms with Crippen molar-refractivity contribution < 1.29 is 24.4 Å². The predicted molar refractivity (Wildman–Crippen MR) is 119 cm³/mol. The quantitative estimate of drug-likeness (QED) is 0.210. The molecule has 1 amide bonds. The lowest BCUT2D eigenvalue weighted by Gasteiger charge is -2.13. The smallest absolute Gasteiger partial charge is 0.303 e. The molecule has 0 bridgehead atoms. The van der Waals surface area contributed by atoms with E-state index in [1.54, 1.807) is 30.1 Å². The zero-order chi connectivity index (χ0) is 22.7. The molecule has 1 aliphatic rings. The van der Waals surface area contributed by atoms with Crippen molar-refractivity contribution in [3.63, 3.8) is 0 Å². The number of nitro groups is 1. The van der Waals surface area contributed by atoms with Crippen molar-refractivity contribution in [2.75, 3.05) is 6.54 Å². The van der Waals surface area contributed by atoms with E-state index >= 15 is 0 Å². The number of thiocarbonyl (C=S) groups is 1. The van der Waals surface area contributed by atoms with Crippen LogP contribution in [0, 0.1) is 10.1 Å². The number of nitrogens with zero attached hydrogens (tertiary/aromatic N) is 3. The fraction of sp³-hybridized carbons (Fsp3) is 0.200. The van der Waals surface area contributed by atoms with Crippen LogP contribution in [0.5, 0.6) is 0 Å². The summed E-state index contributed by atoms with van der Waals surface area (Å²) in [5.74, 6) is -1.61. The molecule has 11 heteroatoms. The van der Waals surface area contributed by atoms with Gasteiger partial charge < -0.3 is 9.67 Å². The van der Waals surface area contributed by atoms with Crippen molar-refractivity contribution in [3.8, 4) is 0 Å². The SMILES string of the molecule is Cn1cc(C=C2SC(=S)N(CCCC(=O)O)C2=O)c(C(=O)c2ccc([N+](=O)[O-])cc2)c1. The third kappa shape index (κ3) is 5.06. The fourth-order valence-electron chi connectivity index (χ4n) is 3.02. The normalized spacial score (nSPS) is 15.0. The molecule has 1 aromatic carbocycles. The number of carbonyl (C=O) groups excluding carboxylic acids is 2. The number of nitro benzene ring substituents is 1. The maximum Gasteiger partial charge on any atom is 0.303 e. The topological polar surface area (TPSA) is 123 Å². The van der Waals surface area contributed by atoms with E-state index < -0.39 is 10.9 Å². The molecule has 160 valence electrons. The van der Waals surface area contributed by atoms with E-state index in [9.17, 15) is 24.5 Å². The summed E-state index contributed by atoms with van der Waals surface area (Å²) in [6.45, 7) is 0.206. The first-order valence-electron chi connectivity index (χ1n) is 9.09. The Bertz CT molecular complexity index is 1120. The van der Waals surface area contributed by atoms with Crippen molar-refractivity contribution in [1.82, 2.24) is 9.47 Å². The van der Waals surface area contributed by atoms with E-state index in [0.717, 1.165) is 11.8 Å². The minimum Gasteiger partial charge on any atom is -0.481 e. The number of non-ortho nitro benzene ring substituents is 1. The summed E-state index contributed by atoms with van der Waals surface area (Å²) in [4.78, 5) is 48.3. The van der Waals surface area contributed by atoms with Crippen molar-refractivity contribution in [3.05, 3.63) is 68.4 Å². The number of amides is 1. The van der Waals surface area contributed by atoms with Crippen LogP contribution in [-0.2, 0) is 16.6 Å². The first-order chi connectivity index (χ1) is 14.7. The highest BCUT2D eigenvalue weighted by atomic mass is 32.2. The van der Waals surface area contributed by atoms with Crippen molar-refractivity contribution >= 4 is 57.7 Å². The van der Waals surface area contributed by atoms with Gasteiger partial charge in [0.25, 0.3) is 11.6 Å². The van der Waals surface area contributed by atoms with E-state index in [4.69, 9.17) is 17.3 Å². The molecule has 1 N–H and O–H groups in total. The number of aliphatic carboxylic acids is 1. The lowest BCUT2D eigenvalue weighted by Crippen LogP contribution is -2.29. The number of carboxylic acids is 1. The second-order valence-corrected chi connectivity index (χ2v) is 8.43. The summed E-state index contributed by atoms with van der Waals surface area (Å²) in [7, 11) is 1.74. The van der Waals surface area contributed by atoms with E-state index in [-0.39, 0.29) is 42.3 Å². The zero-order valence-electron chi connectivity index (χ0n) is 16.3. The largest absolute Gasteiger partial charge is 0.481 e. The Balaban J connectivity index is 1.84. The molecule has 0 unspecified atom stereocenters. The van der Waals surface area contributed by atoms with Crippen LogP contribution in [0.4, 0.5) is 5.69 Å². The Morgan fingerprint density at radius 2 is 1.94 bits per heavy atom. The first-order valence-corrected chi connectivity index (χ1v) is 10.3. The van der Waals surface area contributed by atoms with E-state index in [1.165, 1.54) is 29.2 Å². The standard InChI is InChI=1S/C20H17N3O6S2/c1-21-10-13(9-16-19(27)22(20(30)31-16)8-2-3-17(24)25)15(11-21)18(26)12-4-6-14(7-5-12)23(28)29/h4-7,9-11H,2-3,8H2,1H3,(H,24,25). The van der Waals surface area contributed by atoms with Gasteiger partial charge in [-0.05, 0) is 24.6 Å². The number of hydrogen-bond acceptors (Lipinski definition) is 7. The second kappa shape index (κ2) is 9.23. The van der Waals surface area contributed by atoms with Crippen molar-refractivity contribution in [1.29, 1.82) is 0 Å². The summed E-state index contributed by atoms with van der Waals surface area (Å²) in [5.41, 5.74) is 1.02. The van der Waals surface area contributed by atoms with E-state index in [0.29, 0.717) is 20.4 Å². The van der Waals surface area contributed by atoms with Crippen LogP contribution in [0.25, 0.3) is 6.08 Å². The van der Waals surface area contributed by atoms with Crippen LogP contribution in [-0.4, -0.2) is 48.0 Å². The van der Waals surface area contributed by atoms with Gasteiger partial charge in [0.15, 0.2) is 5.78 Å². The Kier molecular flexibility index (Phi) is 6.66. The molecule has 2 aromatic rings. The number of rotatable bonds is 8. The van der Waals surface area contributed by atoms with Gasteiger partial charge in [-0.25, -0.2) is 0 Å². The number of benzene rings is 1. The third-order valence-electron chi connectivity index (χ3n) is 4.50. The summed E-state index contributed by atoms with van der Waals surface area (Å²) in [5, 5.41) is 19.6. The molecular formula is C20H17N3O6S2. The van der Waals surface area contributed by atoms with Crippen molar-refractivity contribution in [2.24, 2.45) is 7.05 Å². The molecule has 2 heterocycles. The molecule has 3 rings (SSSR count). The summed E-state index contributed by atoms with van der Waals surface area (Å²) in [6, 6.07) is 5.30. The van der Waals surface area contributed by atoms with Crippen LogP contribution in [0.2, 0.25) is 0 Å². The molecule has 1 aliphatic heterocycles. The van der Waals surface area contributed by atoms with Gasteiger partial charge in [0.1, 0.15) is 4.32 Å². The first kappa shape index (κ1) is 22.4. The van der Waals surface area contributed by atoms with Crippen molar-refractivity contribution in [2.45, 2.75) is 12.8 Å². The number of aryl methyl sites for hydroxylation is 1. The number of aromatic nitrogens is 1. The summed E-state index contributed by atoms with van der Waals surface area (Å²) in [6.07, 6.45) is 5.10. The number of hydrogen-bond donors (Lipinski definition) is 1. The molecule has 0 atom stereocenters. The lowest BCUT2D eigenvalue weighted by atomic mass is 10.0. The van der Waals surface area contributed by atoms with Crippen LogP contribution in [0.3, 0.4) is 0 Å². The van der Waals surface area contributed by atoms with Crippen LogP contribution >= 0.6 is 24.0 Å². The third-order valence-corrected chi connectivity index (χ3v) is 5.88. The number of carbonyl (C=O) groups is 3. The molecule has 0 aliphatic carbocycles. The molecule has 1 fully saturated rings. The average molecular weight is 460 g/mol. The predicted octanol–water partition coefficient (Wildman–Crippen LogP) is 3.23. The molecule has 0 spiro atoms. The van der Waals surface area contributed by atoms with Gasteiger partial charge in [-0.1, -0.05) is 24.0 Å². The Hall–Kier alpha value is -3.31. The lowest BCUT2D eigenvalue weighted by molar-refractivity contribution is -0.384. The van der Waals surface area contributed by atoms with Gasteiger partial charge >= 0.3 is 5.97 Å². The highest BCUT2D eigenvalue weighted by Gasteiger charge is 2.32. The molecular weight excluding hydrogens is 442 g/mol. The van der Waals surface area contributed by atoms with Crippen LogP contribution in [0.15, 0.2) is 41.6 Å². The van der Waals surface area contributed by atoms with E-state index in [2.05, 4.69) is 0 Å². The number of ketones is 1. The summed E-state index contributed by atoms with van der Waals surface area (Å²) >= 11 is 6.33. The maximum atomic E-state index is 13.0. The zero-order valence-corrected chi connectivity index (χ0v) is 17.9. The molecule has 0 radical (unpaired) electrons. The monoisotopic (exact) mass is 459 g/mol. The Morgan fingerprint density at radius 3 is 2.55 bits per heavy atom. The van der Waals surface area contributed by atoms with Gasteiger partial charge in [-0.3, -0.25) is 29.4 Å². The van der Waals surface area contributed by atoms with Crippen LogP contribution < -0.4 is 0 Å². The Labute approximate surface area is 186 Å². The van der Waals surface area contributed by atoms with Gasteiger partial charge in [0.2, 0.25) is 0 Å². The number of carboxylic acid groups (broad SMARTS) is 1. The molecule has 1 saturated heterocycles. The molecule has 1 aromatic heterocycles. The molecule has 31 heavy (non-hydrogen) atoms. The van der Waals surface area contributed by atoms with Gasteiger partial charge in [-0.15, -0.1) is 0 Å². The Morgan fingerprint density at radius 1 is 1.26 bits per heavy atom. The number of thioether (sulfide) groups is 1. The summed E-state index contributed by atoms with van der Waals surface area (Å²) < 4.78 is 2.01. The minimum atomic E-state index is -0.945. The van der Waals surface area contributed by atoms with Crippen LogP contribution in [0.1, 0.15) is 34.3 Å². The van der Waals surface area contributed by atoms with Gasteiger partial charge in [-0.2, -0.15) is 0 Å². The highest BCUT2D eigenvalue weighted by molar-refractivity contribution is 8.26. The second-order valence-electron chi connectivity index (χ2n) is 6.76. The highest BCUT2D eigenvalue weighted by Crippen LogP contribution is 2.33. The maximum absolute atomic E-state index is 13.0. The fourth-order valence-corrected chi connectivity index (χ4v) is 4.32. The minimum absolute atomic E-state index is 0.0668. The van der Waals surface area contributed by atoms with E-state index in [1.807, 2.05) is 0 Å². The van der Waals surface area contributed by atoms with Gasteiger partial charge in [0.05, 0.1) is 9.83 Å². The average Bonchev–Trinajstić information content (AvgIpc) is 3.21. The van der Waals surface area contributed by atoms with Gasteiger partial charge in [0, 0.05) is 61.2 Å². The molecule has 9 nitrogen and oxygen atoms in total. The molecule has 0 saturated carbocycles.